The van der Waals surface area contributed by atoms with E-state index in [0.717, 1.165) is 57.8 Å². The third kappa shape index (κ3) is 9.99. The van der Waals surface area contributed by atoms with Crippen LogP contribution in [0.3, 0.4) is 0 Å². The molecule has 1 fully saturated rings. The molecule has 0 radical (unpaired) electrons. The van der Waals surface area contributed by atoms with Crippen LogP contribution >= 0.6 is 24.0 Å². The molecule has 5 nitrogen and oxygen atoms in total. The van der Waals surface area contributed by atoms with Crippen molar-refractivity contribution >= 4 is 29.9 Å². The summed E-state index contributed by atoms with van der Waals surface area (Å²) in [5, 5.41) is 6.43. The van der Waals surface area contributed by atoms with Gasteiger partial charge < -0.3 is 20.4 Å². The largest absolute Gasteiger partial charge is 0.416 e. The molecule has 2 N–H and O–H groups in total. The van der Waals surface area contributed by atoms with E-state index in [2.05, 4.69) is 32.5 Å². The monoisotopic (exact) mass is 527 g/mol. The van der Waals surface area contributed by atoms with Crippen LogP contribution in [0.4, 0.5) is 13.2 Å². The van der Waals surface area contributed by atoms with Crippen LogP contribution in [0.25, 0.3) is 0 Å². The number of guanidine groups is 1. The number of likely N-dealkylation sites (N-methyl/N-ethyl adjacent to an activating group) is 1. The molecule has 2 rings (SSSR count). The van der Waals surface area contributed by atoms with Gasteiger partial charge in [0, 0.05) is 26.2 Å². The average molecular weight is 527 g/mol. The maximum absolute atomic E-state index is 12.8. The Hall–Kier alpha value is -1.07. The van der Waals surface area contributed by atoms with Gasteiger partial charge in [0.15, 0.2) is 5.96 Å². The lowest BCUT2D eigenvalue weighted by Gasteiger charge is -2.20. The van der Waals surface area contributed by atoms with E-state index in [1.807, 2.05) is 6.92 Å². The maximum Gasteiger partial charge on any atom is 0.416 e. The number of rotatable bonds is 7. The summed E-state index contributed by atoms with van der Waals surface area (Å²) in [7, 11) is 2.16. The van der Waals surface area contributed by atoms with Crippen LogP contribution in [-0.4, -0.2) is 68.6 Å². The first-order valence-electron chi connectivity index (χ1n) is 9.97. The SMILES string of the molecule is CCNC(=NCc1cccc(C(F)(F)F)c1)NCCCN1CCCN(C)CC1.I. The van der Waals surface area contributed by atoms with E-state index >= 15 is 0 Å². The Labute approximate surface area is 189 Å². The van der Waals surface area contributed by atoms with Crippen molar-refractivity contribution < 1.29 is 13.2 Å². The number of hydrogen-bond acceptors (Lipinski definition) is 3. The maximum atomic E-state index is 12.8. The molecule has 0 bridgehead atoms. The standard InChI is InChI=1S/C20H32F3N5.HI/c1-3-24-19(25-9-5-11-28-12-6-10-27(2)13-14-28)26-16-17-7-4-8-18(15-17)20(21,22)23;/h4,7-8,15H,3,5-6,9-14,16H2,1-2H3,(H2,24,25,26);1H. The second-order valence-corrected chi connectivity index (χ2v) is 7.17. The summed E-state index contributed by atoms with van der Waals surface area (Å²) in [6.45, 7) is 9.18. The van der Waals surface area contributed by atoms with Crippen LogP contribution in [-0.2, 0) is 12.7 Å². The first-order valence-corrected chi connectivity index (χ1v) is 9.97. The van der Waals surface area contributed by atoms with Gasteiger partial charge in [-0.2, -0.15) is 13.2 Å². The minimum atomic E-state index is -4.33. The van der Waals surface area contributed by atoms with Crippen molar-refractivity contribution in [1.29, 1.82) is 0 Å². The molecule has 29 heavy (non-hydrogen) atoms. The predicted octanol–water partition coefficient (Wildman–Crippen LogP) is 3.41. The highest BCUT2D eigenvalue weighted by molar-refractivity contribution is 14.0. The second-order valence-electron chi connectivity index (χ2n) is 7.17. The molecule has 9 heteroatoms. The van der Waals surface area contributed by atoms with Gasteiger partial charge in [0.1, 0.15) is 0 Å². The molecule has 1 aromatic carbocycles. The zero-order valence-corrected chi connectivity index (χ0v) is 19.6. The van der Waals surface area contributed by atoms with Gasteiger partial charge >= 0.3 is 6.18 Å². The van der Waals surface area contributed by atoms with Gasteiger partial charge in [-0.05, 0) is 64.1 Å². The van der Waals surface area contributed by atoms with E-state index in [1.54, 1.807) is 6.07 Å². The average Bonchev–Trinajstić information content (AvgIpc) is 2.87. The van der Waals surface area contributed by atoms with E-state index in [9.17, 15) is 13.2 Å². The molecular weight excluding hydrogens is 494 g/mol. The number of nitrogens with one attached hydrogen (secondary N) is 2. The highest BCUT2D eigenvalue weighted by Crippen LogP contribution is 2.29. The van der Waals surface area contributed by atoms with Crippen molar-refractivity contribution in [2.75, 3.05) is 52.9 Å². The van der Waals surface area contributed by atoms with Gasteiger partial charge in [-0.3, -0.25) is 0 Å². The Kier molecular flexibility index (Phi) is 11.9. The first kappa shape index (κ1) is 26.0. The van der Waals surface area contributed by atoms with Gasteiger partial charge in [0.05, 0.1) is 12.1 Å². The first-order chi connectivity index (χ1) is 13.4. The van der Waals surface area contributed by atoms with E-state index in [4.69, 9.17) is 0 Å². The third-order valence-electron chi connectivity index (χ3n) is 4.77. The van der Waals surface area contributed by atoms with Crippen LogP contribution in [0.5, 0.6) is 0 Å². The Morgan fingerprint density at radius 2 is 1.93 bits per heavy atom. The molecule has 0 amide bonds. The van der Waals surface area contributed by atoms with Crippen molar-refractivity contribution in [3.8, 4) is 0 Å². The van der Waals surface area contributed by atoms with Crippen LogP contribution in [0.15, 0.2) is 29.3 Å². The molecule has 0 spiro atoms. The van der Waals surface area contributed by atoms with Gasteiger partial charge in [-0.1, -0.05) is 12.1 Å². The van der Waals surface area contributed by atoms with E-state index in [1.165, 1.54) is 12.5 Å². The van der Waals surface area contributed by atoms with Crippen LogP contribution in [0, 0.1) is 0 Å². The zero-order chi connectivity index (χ0) is 20.4. The minimum Gasteiger partial charge on any atom is -0.357 e. The Balaban J connectivity index is 0.00000420. The molecule has 1 aliphatic rings. The Bertz CT molecular complexity index is 624. The second kappa shape index (κ2) is 13.3. The molecule has 166 valence electrons. The van der Waals surface area contributed by atoms with Gasteiger partial charge in [-0.25, -0.2) is 4.99 Å². The molecule has 1 aliphatic heterocycles. The lowest BCUT2D eigenvalue weighted by atomic mass is 10.1. The van der Waals surface area contributed by atoms with Gasteiger partial charge in [0.2, 0.25) is 0 Å². The quantitative estimate of drug-likeness (QED) is 0.247. The molecular formula is C20H33F3IN5. The number of nitrogens with zero attached hydrogens (tertiary/aromatic N) is 3. The Morgan fingerprint density at radius 1 is 1.14 bits per heavy atom. The number of alkyl halides is 3. The fraction of sp³-hybridized carbons (Fsp3) is 0.650. The van der Waals surface area contributed by atoms with Crippen molar-refractivity contribution in [3.63, 3.8) is 0 Å². The minimum absolute atomic E-state index is 0. The van der Waals surface area contributed by atoms with Crippen molar-refractivity contribution in [2.24, 2.45) is 4.99 Å². The van der Waals surface area contributed by atoms with Crippen LogP contribution < -0.4 is 10.6 Å². The third-order valence-corrected chi connectivity index (χ3v) is 4.77. The molecule has 0 atom stereocenters. The fourth-order valence-electron chi connectivity index (χ4n) is 3.19. The van der Waals surface area contributed by atoms with Crippen molar-refractivity contribution in [2.45, 2.75) is 32.5 Å². The topological polar surface area (TPSA) is 42.9 Å². The molecule has 0 saturated carbocycles. The van der Waals surface area contributed by atoms with Gasteiger partial charge in [0.25, 0.3) is 0 Å². The smallest absolute Gasteiger partial charge is 0.357 e. The lowest BCUT2D eigenvalue weighted by molar-refractivity contribution is -0.137. The summed E-state index contributed by atoms with van der Waals surface area (Å²) >= 11 is 0. The van der Waals surface area contributed by atoms with Crippen LogP contribution in [0.2, 0.25) is 0 Å². The fourth-order valence-corrected chi connectivity index (χ4v) is 3.19. The molecule has 1 heterocycles. The predicted molar refractivity (Wildman–Crippen MR) is 123 cm³/mol. The number of hydrogen-bond donors (Lipinski definition) is 2. The van der Waals surface area contributed by atoms with Crippen molar-refractivity contribution in [1.82, 2.24) is 20.4 Å². The molecule has 0 aromatic heterocycles. The summed E-state index contributed by atoms with van der Waals surface area (Å²) in [5.74, 6) is 0.635. The summed E-state index contributed by atoms with van der Waals surface area (Å²) in [6, 6.07) is 5.33. The van der Waals surface area contributed by atoms with E-state index in [-0.39, 0.29) is 30.5 Å². The summed E-state index contributed by atoms with van der Waals surface area (Å²) in [6.07, 6.45) is -2.13. The van der Waals surface area contributed by atoms with E-state index in [0.29, 0.717) is 18.1 Å². The number of halogens is 4. The zero-order valence-electron chi connectivity index (χ0n) is 17.3. The summed E-state index contributed by atoms with van der Waals surface area (Å²) in [5.41, 5.74) is -0.0954. The summed E-state index contributed by atoms with van der Waals surface area (Å²) in [4.78, 5) is 9.27. The van der Waals surface area contributed by atoms with Crippen LogP contribution in [0.1, 0.15) is 30.9 Å². The Morgan fingerprint density at radius 3 is 2.66 bits per heavy atom. The number of benzene rings is 1. The number of aliphatic imine (C=N–C) groups is 1. The molecule has 0 aliphatic carbocycles. The van der Waals surface area contributed by atoms with Crippen molar-refractivity contribution in [3.05, 3.63) is 35.4 Å². The molecule has 1 aromatic rings. The highest BCUT2D eigenvalue weighted by Gasteiger charge is 2.30. The molecule has 1 saturated heterocycles. The summed E-state index contributed by atoms with van der Waals surface area (Å²) < 4.78 is 38.5. The molecule has 0 unspecified atom stereocenters. The van der Waals surface area contributed by atoms with Gasteiger partial charge in [-0.15, -0.1) is 24.0 Å². The van der Waals surface area contributed by atoms with E-state index < -0.39 is 11.7 Å². The normalized spacial score (nSPS) is 16.8. The lowest BCUT2D eigenvalue weighted by Crippen LogP contribution is -2.39. The highest BCUT2D eigenvalue weighted by atomic mass is 127.